The second-order valence-corrected chi connectivity index (χ2v) is 5.55. The van der Waals surface area contributed by atoms with E-state index in [1.807, 2.05) is 16.8 Å². The van der Waals surface area contributed by atoms with Gasteiger partial charge in [-0.25, -0.2) is 4.39 Å². The average Bonchev–Trinajstić information content (AvgIpc) is 2.84. The van der Waals surface area contributed by atoms with Crippen LogP contribution in [0.2, 0.25) is 0 Å². The highest BCUT2D eigenvalue weighted by Crippen LogP contribution is 2.20. The first-order chi connectivity index (χ1) is 8.58. The zero-order valence-electron chi connectivity index (χ0n) is 9.69. The maximum absolute atomic E-state index is 13.2. The molecule has 0 saturated heterocycles. The maximum Gasteiger partial charge on any atom is 0.255 e. The van der Waals surface area contributed by atoms with Gasteiger partial charge in [0.1, 0.15) is 5.82 Å². The molecule has 2 rings (SSSR count). The summed E-state index contributed by atoms with van der Waals surface area (Å²) in [6.07, 6.45) is 0. The van der Waals surface area contributed by atoms with Crippen molar-refractivity contribution in [2.24, 2.45) is 0 Å². The van der Waals surface area contributed by atoms with Crippen LogP contribution in [0, 0.1) is 5.82 Å². The third-order valence-electron chi connectivity index (χ3n) is 2.51. The van der Waals surface area contributed by atoms with E-state index in [2.05, 4.69) is 15.9 Å². The van der Waals surface area contributed by atoms with Crippen LogP contribution in [0.5, 0.6) is 0 Å². The molecule has 1 heterocycles. The molecular formula is C13H11BrFNOS. The Morgan fingerprint density at radius 2 is 2.22 bits per heavy atom. The Bertz CT molecular complexity index is 556. The number of rotatable bonds is 3. The van der Waals surface area contributed by atoms with E-state index in [9.17, 15) is 9.18 Å². The van der Waals surface area contributed by atoms with E-state index >= 15 is 0 Å². The molecule has 0 aliphatic heterocycles. The summed E-state index contributed by atoms with van der Waals surface area (Å²) in [4.78, 5) is 13.7. The van der Waals surface area contributed by atoms with E-state index in [4.69, 9.17) is 0 Å². The van der Waals surface area contributed by atoms with Gasteiger partial charge in [-0.3, -0.25) is 4.79 Å². The van der Waals surface area contributed by atoms with Gasteiger partial charge in [-0.15, -0.1) is 0 Å². The van der Waals surface area contributed by atoms with Crippen LogP contribution in [-0.2, 0) is 6.54 Å². The summed E-state index contributed by atoms with van der Waals surface area (Å²) in [6, 6.07) is 6.08. The average molecular weight is 328 g/mol. The van der Waals surface area contributed by atoms with Crippen molar-refractivity contribution in [3.8, 4) is 0 Å². The number of thiophene rings is 1. The number of halogens is 2. The molecule has 18 heavy (non-hydrogen) atoms. The molecule has 0 N–H and O–H groups in total. The van der Waals surface area contributed by atoms with E-state index in [0.717, 1.165) is 5.56 Å². The minimum atomic E-state index is -0.412. The monoisotopic (exact) mass is 327 g/mol. The normalized spacial score (nSPS) is 10.4. The Kier molecular flexibility index (Phi) is 4.14. The Balaban J connectivity index is 2.17. The lowest BCUT2D eigenvalue weighted by Crippen LogP contribution is -2.26. The van der Waals surface area contributed by atoms with Crippen LogP contribution in [0.15, 0.2) is 39.5 Å². The third-order valence-corrected chi connectivity index (χ3v) is 3.93. The third kappa shape index (κ3) is 2.97. The number of amides is 1. The van der Waals surface area contributed by atoms with Crippen LogP contribution >= 0.6 is 27.3 Å². The van der Waals surface area contributed by atoms with Gasteiger partial charge in [-0.2, -0.15) is 11.3 Å². The van der Waals surface area contributed by atoms with Gasteiger partial charge in [0.25, 0.3) is 5.91 Å². The fourth-order valence-corrected chi connectivity index (χ4v) is 2.67. The molecule has 0 spiro atoms. The minimum Gasteiger partial charge on any atom is -0.337 e. The molecule has 0 fully saturated rings. The minimum absolute atomic E-state index is 0.201. The number of carbonyl (C=O) groups excluding carboxylic acids is 1. The molecular weight excluding hydrogens is 317 g/mol. The predicted octanol–water partition coefficient (Wildman–Crippen LogP) is 3.92. The first-order valence-electron chi connectivity index (χ1n) is 5.29. The molecule has 0 saturated carbocycles. The smallest absolute Gasteiger partial charge is 0.255 e. The van der Waals surface area contributed by atoms with Crippen molar-refractivity contribution in [2.45, 2.75) is 6.54 Å². The van der Waals surface area contributed by atoms with Gasteiger partial charge in [-0.05, 0) is 56.5 Å². The Morgan fingerprint density at radius 3 is 2.89 bits per heavy atom. The largest absolute Gasteiger partial charge is 0.337 e. The van der Waals surface area contributed by atoms with Crippen molar-refractivity contribution in [1.29, 1.82) is 0 Å². The fraction of sp³-hybridized carbons (Fsp3) is 0.154. The van der Waals surface area contributed by atoms with Crippen molar-refractivity contribution in [3.05, 3.63) is 56.4 Å². The summed E-state index contributed by atoms with van der Waals surface area (Å²) in [5.74, 6) is -0.613. The molecule has 0 atom stereocenters. The van der Waals surface area contributed by atoms with Crippen LogP contribution < -0.4 is 0 Å². The number of hydrogen-bond acceptors (Lipinski definition) is 2. The topological polar surface area (TPSA) is 20.3 Å². The molecule has 0 unspecified atom stereocenters. The molecule has 2 nitrogen and oxygen atoms in total. The standard InChI is InChI=1S/C13H11BrFNOS/c1-16(7-9-4-5-18-8-9)13(17)11-6-10(15)2-3-12(11)14/h2-6,8H,7H2,1H3. The number of benzene rings is 1. The highest BCUT2D eigenvalue weighted by molar-refractivity contribution is 9.10. The highest BCUT2D eigenvalue weighted by Gasteiger charge is 2.16. The van der Waals surface area contributed by atoms with Crippen LogP contribution in [0.3, 0.4) is 0 Å². The van der Waals surface area contributed by atoms with E-state index in [1.165, 1.54) is 12.1 Å². The van der Waals surface area contributed by atoms with Crippen molar-refractivity contribution < 1.29 is 9.18 Å². The van der Waals surface area contributed by atoms with Gasteiger partial charge in [-0.1, -0.05) is 0 Å². The fourth-order valence-electron chi connectivity index (χ4n) is 1.60. The second kappa shape index (κ2) is 5.63. The molecule has 0 aliphatic carbocycles. The zero-order chi connectivity index (χ0) is 13.1. The number of nitrogens with zero attached hydrogens (tertiary/aromatic N) is 1. The number of hydrogen-bond donors (Lipinski definition) is 0. The Labute approximate surface area is 117 Å². The van der Waals surface area contributed by atoms with Gasteiger partial charge in [0.2, 0.25) is 0 Å². The summed E-state index contributed by atoms with van der Waals surface area (Å²) in [5.41, 5.74) is 1.41. The molecule has 1 aromatic carbocycles. The molecule has 5 heteroatoms. The zero-order valence-corrected chi connectivity index (χ0v) is 12.1. The van der Waals surface area contributed by atoms with Gasteiger partial charge in [0.15, 0.2) is 0 Å². The summed E-state index contributed by atoms with van der Waals surface area (Å²) >= 11 is 4.85. The second-order valence-electron chi connectivity index (χ2n) is 3.92. The van der Waals surface area contributed by atoms with Gasteiger partial charge < -0.3 is 4.90 Å². The van der Waals surface area contributed by atoms with Crippen LogP contribution in [0.25, 0.3) is 0 Å². The van der Waals surface area contributed by atoms with Crippen molar-refractivity contribution in [2.75, 3.05) is 7.05 Å². The predicted molar refractivity (Wildman–Crippen MR) is 74.2 cm³/mol. The van der Waals surface area contributed by atoms with Gasteiger partial charge >= 0.3 is 0 Å². The quantitative estimate of drug-likeness (QED) is 0.836. The summed E-state index contributed by atoms with van der Waals surface area (Å²) < 4.78 is 13.8. The molecule has 0 radical (unpaired) electrons. The van der Waals surface area contributed by atoms with Crippen molar-refractivity contribution in [1.82, 2.24) is 4.90 Å². The van der Waals surface area contributed by atoms with Gasteiger partial charge in [0.05, 0.1) is 5.56 Å². The Hall–Kier alpha value is -1.20. The first-order valence-corrected chi connectivity index (χ1v) is 7.03. The van der Waals surface area contributed by atoms with Crippen molar-refractivity contribution >= 4 is 33.2 Å². The highest BCUT2D eigenvalue weighted by atomic mass is 79.9. The van der Waals surface area contributed by atoms with Crippen molar-refractivity contribution in [3.63, 3.8) is 0 Å². The van der Waals surface area contributed by atoms with E-state index < -0.39 is 5.82 Å². The molecule has 1 aromatic heterocycles. The summed E-state index contributed by atoms with van der Waals surface area (Å²) in [7, 11) is 1.71. The maximum atomic E-state index is 13.2. The molecule has 0 aliphatic rings. The van der Waals surface area contributed by atoms with Crippen LogP contribution in [0.1, 0.15) is 15.9 Å². The molecule has 94 valence electrons. The van der Waals surface area contributed by atoms with Crippen LogP contribution in [0.4, 0.5) is 4.39 Å². The van der Waals surface area contributed by atoms with Gasteiger partial charge in [0, 0.05) is 18.1 Å². The lowest BCUT2D eigenvalue weighted by Gasteiger charge is -2.17. The SMILES string of the molecule is CN(Cc1ccsc1)C(=O)c1cc(F)ccc1Br. The van der Waals surface area contributed by atoms with E-state index in [-0.39, 0.29) is 5.91 Å². The lowest BCUT2D eigenvalue weighted by atomic mass is 10.2. The summed E-state index contributed by atoms with van der Waals surface area (Å²) in [6.45, 7) is 0.519. The molecule has 1 amide bonds. The van der Waals surface area contributed by atoms with E-state index in [1.54, 1.807) is 29.4 Å². The van der Waals surface area contributed by atoms with E-state index in [0.29, 0.717) is 16.6 Å². The van der Waals surface area contributed by atoms with Crippen LogP contribution in [-0.4, -0.2) is 17.9 Å². The molecule has 2 aromatic rings. The number of carbonyl (C=O) groups is 1. The lowest BCUT2D eigenvalue weighted by molar-refractivity contribution is 0.0784. The Morgan fingerprint density at radius 1 is 1.44 bits per heavy atom. The first kappa shape index (κ1) is 13.2. The molecule has 0 bridgehead atoms. The summed E-state index contributed by atoms with van der Waals surface area (Å²) in [5, 5.41) is 3.95.